The summed E-state index contributed by atoms with van der Waals surface area (Å²) < 4.78 is 0. The van der Waals surface area contributed by atoms with Crippen molar-refractivity contribution in [2.24, 2.45) is 4.99 Å². The normalized spacial score (nSPS) is 18.4. The molecule has 0 saturated carbocycles. The zero-order valence-electron chi connectivity index (χ0n) is 6.83. The predicted octanol–water partition coefficient (Wildman–Crippen LogP) is 0.879. The molecule has 0 amide bonds. The smallest absolute Gasteiger partial charge is 0.0748 e. The maximum absolute atomic E-state index is 4.53. The fraction of sp³-hybridized carbons (Fsp3) is 0.300. The minimum atomic E-state index is 0.00366. The van der Waals surface area contributed by atoms with Gasteiger partial charge in [-0.3, -0.25) is 4.99 Å². The topological polar surface area (TPSA) is 12.4 Å². The summed E-state index contributed by atoms with van der Waals surface area (Å²) in [6.45, 7) is 4.24. The van der Waals surface area contributed by atoms with E-state index in [0.29, 0.717) is 0 Å². The first-order chi connectivity index (χ1) is 5.17. The van der Waals surface area contributed by atoms with Gasteiger partial charge >= 0.3 is 0 Å². The Morgan fingerprint density at radius 3 is 2.64 bits per heavy atom. The van der Waals surface area contributed by atoms with Gasteiger partial charge in [0.1, 0.15) is 0 Å². The van der Waals surface area contributed by atoms with Crippen molar-refractivity contribution in [2.45, 2.75) is 19.4 Å². The summed E-state index contributed by atoms with van der Waals surface area (Å²) in [7, 11) is 0. The Morgan fingerprint density at radius 1 is 1.18 bits per heavy atom. The highest BCUT2D eigenvalue weighted by atomic mass is 14.8. The SMILES string of the molecule is CC1(C)C=c2ccccc2=N1. The van der Waals surface area contributed by atoms with Crippen molar-refractivity contribution >= 4 is 6.08 Å². The molecule has 11 heavy (non-hydrogen) atoms. The number of hydrogen-bond donors (Lipinski definition) is 0. The van der Waals surface area contributed by atoms with Crippen LogP contribution in [-0.2, 0) is 0 Å². The largest absolute Gasteiger partial charge is 0.275 e. The van der Waals surface area contributed by atoms with E-state index in [1.54, 1.807) is 0 Å². The number of fused-ring (bicyclic) bond motifs is 1. The monoisotopic (exact) mass is 145 g/mol. The molecule has 1 heterocycles. The lowest BCUT2D eigenvalue weighted by Crippen LogP contribution is -2.19. The summed E-state index contributed by atoms with van der Waals surface area (Å²) in [5.74, 6) is 0. The summed E-state index contributed by atoms with van der Waals surface area (Å²) in [5.41, 5.74) is 0.00366. The highest BCUT2D eigenvalue weighted by Gasteiger charge is 2.15. The zero-order chi connectivity index (χ0) is 7.90. The fourth-order valence-corrected chi connectivity index (χ4v) is 1.43. The Labute approximate surface area is 66.1 Å². The van der Waals surface area contributed by atoms with Gasteiger partial charge in [0.25, 0.3) is 0 Å². The first kappa shape index (κ1) is 6.59. The molecular formula is C10H11N. The van der Waals surface area contributed by atoms with E-state index in [2.05, 4.69) is 37.0 Å². The number of hydrogen-bond acceptors (Lipinski definition) is 1. The summed E-state index contributed by atoms with van der Waals surface area (Å²) >= 11 is 0. The summed E-state index contributed by atoms with van der Waals surface area (Å²) in [6.07, 6.45) is 2.20. The number of benzene rings is 1. The van der Waals surface area contributed by atoms with E-state index in [-0.39, 0.29) is 5.54 Å². The van der Waals surface area contributed by atoms with Crippen molar-refractivity contribution < 1.29 is 0 Å². The van der Waals surface area contributed by atoms with Crippen LogP contribution < -0.4 is 10.6 Å². The lowest BCUT2D eigenvalue weighted by Gasteiger charge is -2.07. The molecule has 1 aliphatic heterocycles. The third-order valence-electron chi connectivity index (χ3n) is 1.85. The molecule has 56 valence electrons. The van der Waals surface area contributed by atoms with Crippen LogP contribution in [0.15, 0.2) is 29.3 Å². The minimum Gasteiger partial charge on any atom is -0.275 e. The molecule has 0 radical (unpaired) electrons. The molecule has 0 fully saturated rings. The van der Waals surface area contributed by atoms with Crippen molar-refractivity contribution in [2.75, 3.05) is 0 Å². The number of para-hydroxylation sites is 1. The molecule has 0 spiro atoms. The second-order valence-electron chi connectivity index (χ2n) is 3.47. The van der Waals surface area contributed by atoms with Gasteiger partial charge in [-0.15, -0.1) is 0 Å². The van der Waals surface area contributed by atoms with Crippen LogP contribution in [0, 0.1) is 0 Å². The maximum atomic E-state index is 4.53. The van der Waals surface area contributed by atoms with Gasteiger partial charge in [0.05, 0.1) is 10.9 Å². The average molecular weight is 145 g/mol. The van der Waals surface area contributed by atoms with E-state index in [4.69, 9.17) is 0 Å². The molecule has 0 saturated heterocycles. The van der Waals surface area contributed by atoms with E-state index in [0.717, 1.165) is 5.36 Å². The van der Waals surface area contributed by atoms with E-state index < -0.39 is 0 Å². The quantitative estimate of drug-likeness (QED) is 0.514. The van der Waals surface area contributed by atoms with Crippen LogP contribution in [0.1, 0.15) is 13.8 Å². The van der Waals surface area contributed by atoms with Gasteiger partial charge in [0.2, 0.25) is 0 Å². The van der Waals surface area contributed by atoms with Crippen LogP contribution in [0.25, 0.3) is 6.08 Å². The lowest BCUT2D eigenvalue weighted by molar-refractivity contribution is 0.690. The van der Waals surface area contributed by atoms with E-state index >= 15 is 0 Å². The van der Waals surface area contributed by atoms with Gasteiger partial charge in [0, 0.05) is 0 Å². The zero-order valence-corrected chi connectivity index (χ0v) is 6.83. The average Bonchev–Trinajstić information content (AvgIpc) is 2.21. The molecule has 0 unspecified atom stereocenters. The van der Waals surface area contributed by atoms with Gasteiger partial charge in [-0.25, -0.2) is 0 Å². The van der Waals surface area contributed by atoms with Gasteiger partial charge in [-0.05, 0) is 31.2 Å². The van der Waals surface area contributed by atoms with Crippen LogP contribution in [0.2, 0.25) is 0 Å². The molecule has 0 bridgehead atoms. The molecule has 1 heteroatoms. The first-order valence-electron chi connectivity index (χ1n) is 3.85. The minimum absolute atomic E-state index is 0.00366. The summed E-state index contributed by atoms with van der Waals surface area (Å²) in [6, 6.07) is 8.23. The van der Waals surface area contributed by atoms with Crippen LogP contribution in [0.4, 0.5) is 0 Å². The molecule has 1 aromatic carbocycles. The summed E-state index contributed by atoms with van der Waals surface area (Å²) in [4.78, 5) is 4.53. The maximum Gasteiger partial charge on any atom is 0.0748 e. The third-order valence-corrected chi connectivity index (χ3v) is 1.85. The summed E-state index contributed by atoms with van der Waals surface area (Å²) in [5, 5.41) is 2.38. The van der Waals surface area contributed by atoms with Gasteiger partial charge in [0.15, 0.2) is 0 Å². The standard InChI is InChI=1S/C10H11N/c1-10(2)7-8-5-3-4-6-9(8)11-10/h3-7H,1-2H3. The molecule has 0 N–H and O–H groups in total. The molecule has 1 aliphatic rings. The lowest BCUT2D eigenvalue weighted by atomic mass is 10.1. The highest BCUT2D eigenvalue weighted by Crippen LogP contribution is 2.10. The van der Waals surface area contributed by atoms with Crippen molar-refractivity contribution in [3.8, 4) is 0 Å². The predicted molar refractivity (Wildman–Crippen MR) is 45.8 cm³/mol. The van der Waals surface area contributed by atoms with Crippen molar-refractivity contribution in [3.05, 3.63) is 34.8 Å². The van der Waals surface area contributed by atoms with Crippen LogP contribution >= 0.6 is 0 Å². The Kier molecular flexibility index (Phi) is 1.16. The first-order valence-corrected chi connectivity index (χ1v) is 3.85. The second-order valence-corrected chi connectivity index (χ2v) is 3.47. The Balaban J connectivity index is 2.81. The van der Waals surface area contributed by atoms with Crippen molar-refractivity contribution in [1.29, 1.82) is 0 Å². The van der Waals surface area contributed by atoms with E-state index in [1.807, 2.05) is 12.1 Å². The number of rotatable bonds is 0. The fourth-order valence-electron chi connectivity index (χ4n) is 1.43. The molecule has 2 rings (SSSR count). The third kappa shape index (κ3) is 1.07. The molecule has 1 aromatic rings. The van der Waals surface area contributed by atoms with Gasteiger partial charge in [-0.1, -0.05) is 18.2 Å². The second kappa shape index (κ2) is 1.94. The van der Waals surface area contributed by atoms with Gasteiger partial charge < -0.3 is 0 Å². The number of nitrogens with zero attached hydrogens (tertiary/aromatic N) is 1. The van der Waals surface area contributed by atoms with Crippen LogP contribution in [0.5, 0.6) is 0 Å². The Morgan fingerprint density at radius 2 is 1.91 bits per heavy atom. The molecule has 0 atom stereocenters. The van der Waals surface area contributed by atoms with E-state index in [1.165, 1.54) is 5.22 Å². The van der Waals surface area contributed by atoms with Crippen molar-refractivity contribution in [1.82, 2.24) is 0 Å². The van der Waals surface area contributed by atoms with Gasteiger partial charge in [-0.2, -0.15) is 0 Å². The molecular weight excluding hydrogens is 134 g/mol. The molecule has 0 aliphatic carbocycles. The van der Waals surface area contributed by atoms with Crippen molar-refractivity contribution in [3.63, 3.8) is 0 Å². The molecule has 1 nitrogen and oxygen atoms in total. The highest BCUT2D eigenvalue weighted by molar-refractivity contribution is 5.39. The molecule has 0 aromatic heterocycles. The van der Waals surface area contributed by atoms with E-state index in [9.17, 15) is 0 Å². The van der Waals surface area contributed by atoms with Crippen LogP contribution in [0.3, 0.4) is 0 Å². The Bertz CT molecular complexity index is 351. The van der Waals surface area contributed by atoms with Crippen LogP contribution in [-0.4, -0.2) is 5.54 Å². The Hall–Kier alpha value is -1.11.